The van der Waals surface area contributed by atoms with E-state index in [0.717, 1.165) is 30.7 Å². The average molecular weight is 282 g/mol. The number of thiazole rings is 1. The lowest BCUT2D eigenvalue weighted by atomic mass is 10.0. The zero-order valence-electron chi connectivity index (χ0n) is 11.0. The third-order valence-corrected chi connectivity index (χ3v) is 4.16. The minimum atomic E-state index is -0.915. The van der Waals surface area contributed by atoms with Gasteiger partial charge in [0, 0.05) is 11.9 Å². The molecule has 19 heavy (non-hydrogen) atoms. The molecule has 1 N–H and O–H groups in total. The summed E-state index contributed by atoms with van der Waals surface area (Å²) in [6, 6.07) is -0.713. The summed E-state index contributed by atoms with van der Waals surface area (Å²) in [5, 5.41) is 11.8. The van der Waals surface area contributed by atoms with E-state index in [2.05, 4.69) is 4.98 Å². The Kier molecular flexibility index (Phi) is 4.52. The highest BCUT2D eigenvalue weighted by Gasteiger charge is 2.31. The topological polar surface area (TPSA) is 70.5 Å². The molecule has 1 aliphatic heterocycles. The number of hydrogen-bond acceptors (Lipinski definition) is 4. The van der Waals surface area contributed by atoms with Gasteiger partial charge in [-0.1, -0.05) is 19.3 Å². The van der Waals surface area contributed by atoms with E-state index >= 15 is 0 Å². The number of aryl methyl sites for hydroxylation is 1. The Hall–Kier alpha value is -1.43. The number of likely N-dealkylation sites (tertiary alicyclic amines) is 1. The van der Waals surface area contributed by atoms with Crippen molar-refractivity contribution >= 4 is 23.2 Å². The summed E-state index contributed by atoms with van der Waals surface area (Å²) in [4.78, 5) is 29.4. The van der Waals surface area contributed by atoms with E-state index in [9.17, 15) is 14.7 Å². The normalized spacial score (nSPS) is 20.7. The first-order valence-electron chi connectivity index (χ1n) is 6.55. The molecule has 104 valence electrons. The summed E-state index contributed by atoms with van der Waals surface area (Å²) in [6.45, 7) is 2.34. The zero-order chi connectivity index (χ0) is 13.8. The minimum absolute atomic E-state index is 0.251. The molecule has 1 aromatic heterocycles. The van der Waals surface area contributed by atoms with E-state index in [1.54, 1.807) is 5.38 Å². The van der Waals surface area contributed by atoms with Gasteiger partial charge in [0.2, 0.25) is 0 Å². The quantitative estimate of drug-likeness (QED) is 0.903. The van der Waals surface area contributed by atoms with Crippen molar-refractivity contribution in [3.63, 3.8) is 0 Å². The van der Waals surface area contributed by atoms with Gasteiger partial charge in [0.25, 0.3) is 5.91 Å². The monoisotopic (exact) mass is 282 g/mol. The number of carboxylic acids is 1. The number of carbonyl (C=O) groups is 2. The molecule has 1 unspecified atom stereocenters. The summed E-state index contributed by atoms with van der Waals surface area (Å²) in [5.41, 5.74) is 0.370. The molecule has 1 aromatic rings. The predicted octanol–water partition coefficient (Wildman–Crippen LogP) is 2.31. The van der Waals surface area contributed by atoms with Crippen molar-refractivity contribution in [3.8, 4) is 0 Å². The Morgan fingerprint density at radius 1 is 1.37 bits per heavy atom. The van der Waals surface area contributed by atoms with Crippen molar-refractivity contribution in [1.29, 1.82) is 0 Å². The van der Waals surface area contributed by atoms with Gasteiger partial charge in [0.15, 0.2) is 0 Å². The van der Waals surface area contributed by atoms with E-state index < -0.39 is 12.0 Å². The van der Waals surface area contributed by atoms with Crippen molar-refractivity contribution in [3.05, 3.63) is 16.1 Å². The van der Waals surface area contributed by atoms with Gasteiger partial charge in [-0.2, -0.15) is 0 Å². The molecule has 0 spiro atoms. The van der Waals surface area contributed by atoms with Crippen LogP contribution in [-0.4, -0.2) is 39.5 Å². The van der Waals surface area contributed by atoms with Crippen molar-refractivity contribution in [2.75, 3.05) is 6.54 Å². The second kappa shape index (κ2) is 6.14. The van der Waals surface area contributed by atoms with Gasteiger partial charge in [-0.25, -0.2) is 9.78 Å². The molecule has 0 aromatic carbocycles. The first-order valence-corrected chi connectivity index (χ1v) is 7.43. The van der Waals surface area contributed by atoms with Crippen LogP contribution in [0.4, 0.5) is 0 Å². The molecule has 1 aliphatic rings. The second-order valence-corrected chi connectivity index (χ2v) is 5.87. The highest BCUT2D eigenvalue weighted by Crippen LogP contribution is 2.20. The maximum absolute atomic E-state index is 12.4. The number of aliphatic carboxylic acids is 1. The fourth-order valence-corrected chi connectivity index (χ4v) is 2.98. The molecule has 6 heteroatoms. The van der Waals surface area contributed by atoms with E-state index in [4.69, 9.17) is 0 Å². The Morgan fingerprint density at radius 2 is 2.11 bits per heavy atom. The van der Waals surface area contributed by atoms with E-state index in [1.807, 2.05) is 6.92 Å². The molecule has 1 saturated heterocycles. The summed E-state index contributed by atoms with van der Waals surface area (Å²) < 4.78 is 0. The number of carbonyl (C=O) groups excluding carboxylic acids is 1. The van der Waals surface area contributed by atoms with Crippen molar-refractivity contribution < 1.29 is 14.7 Å². The maximum atomic E-state index is 12.4. The van der Waals surface area contributed by atoms with E-state index in [1.165, 1.54) is 16.2 Å². The first kappa shape index (κ1) is 14.0. The second-order valence-electron chi connectivity index (χ2n) is 4.81. The lowest BCUT2D eigenvalue weighted by Gasteiger charge is -2.30. The largest absolute Gasteiger partial charge is 0.480 e. The van der Waals surface area contributed by atoms with Crippen molar-refractivity contribution in [1.82, 2.24) is 9.88 Å². The third-order valence-electron chi connectivity index (χ3n) is 3.39. The number of hydrogen-bond donors (Lipinski definition) is 1. The lowest BCUT2D eigenvalue weighted by Crippen LogP contribution is -2.46. The molecule has 0 bridgehead atoms. The summed E-state index contributed by atoms with van der Waals surface area (Å²) in [6.07, 6.45) is 4.34. The van der Waals surface area contributed by atoms with Crippen LogP contribution in [0.15, 0.2) is 5.38 Å². The van der Waals surface area contributed by atoms with Gasteiger partial charge in [-0.3, -0.25) is 4.79 Å². The molecule has 5 nitrogen and oxygen atoms in total. The molecular formula is C13H18N2O3S. The fraction of sp³-hybridized carbons (Fsp3) is 0.615. The first-order chi connectivity index (χ1) is 9.09. The van der Waals surface area contributed by atoms with Crippen LogP contribution in [-0.2, 0) is 4.79 Å². The molecule has 1 atom stereocenters. The third kappa shape index (κ3) is 3.32. The highest BCUT2D eigenvalue weighted by atomic mass is 32.1. The molecular weight excluding hydrogens is 264 g/mol. The van der Waals surface area contributed by atoms with Gasteiger partial charge < -0.3 is 10.0 Å². The number of carboxylic acid groups (broad SMARTS) is 1. The van der Waals surface area contributed by atoms with E-state index in [0.29, 0.717) is 18.7 Å². The predicted molar refractivity (Wildman–Crippen MR) is 72.4 cm³/mol. The SMILES string of the molecule is Cc1nc(C(=O)N2CCCCCCC2C(=O)O)cs1. The number of rotatable bonds is 2. The van der Waals surface area contributed by atoms with Gasteiger partial charge in [0.05, 0.1) is 5.01 Å². The smallest absolute Gasteiger partial charge is 0.326 e. The molecule has 2 heterocycles. The Labute approximate surface area is 116 Å². The lowest BCUT2D eigenvalue weighted by molar-refractivity contribution is -0.142. The minimum Gasteiger partial charge on any atom is -0.480 e. The summed E-state index contributed by atoms with van der Waals surface area (Å²) >= 11 is 1.41. The Morgan fingerprint density at radius 3 is 2.74 bits per heavy atom. The van der Waals surface area contributed by atoms with Crippen LogP contribution in [0.3, 0.4) is 0 Å². The standard InChI is InChI=1S/C13H18N2O3S/c1-9-14-10(8-19-9)12(16)15-7-5-3-2-4-6-11(15)13(17)18/h8,11H,2-7H2,1H3,(H,17,18). The molecule has 0 saturated carbocycles. The molecule has 2 rings (SSSR count). The van der Waals surface area contributed by atoms with Crippen LogP contribution in [0.25, 0.3) is 0 Å². The van der Waals surface area contributed by atoms with Gasteiger partial charge in [-0.05, 0) is 19.8 Å². The van der Waals surface area contributed by atoms with Crippen LogP contribution in [0.2, 0.25) is 0 Å². The zero-order valence-corrected chi connectivity index (χ0v) is 11.8. The van der Waals surface area contributed by atoms with E-state index in [-0.39, 0.29) is 5.91 Å². The van der Waals surface area contributed by atoms with Crippen LogP contribution in [0.5, 0.6) is 0 Å². The summed E-state index contributed by atoms with van der Waals surface area (Å²) in [7, 11) is 0. The average Bonchev–Trinajstić information content (AvgIpc) is 2.74. The van der Waals surface area contributed by atoms with Crippen LogP contribution in [0.1, 0.15) is 47.6 Å². The Bertz CT molecular complexity index is 472. The van der Waals surface area contributed by atoms with Gasteiger partial charge in [-0.15, -0.1) is 11.3 Å². The van der Waals surface area contributed by atoms with Crippen molar-refractivity contribution in [2.24, 2.45) is 0 Å². The molecule has 0 radical (unpaired) electrons. The van der Waals surface area contributed by atoms with Gasteiger partial charge >= 0.3 is 5.97 Å². The van der Waals surface area contributed by atoms with Gasteiger partial charge in [0.1, 0.15) is 11.7 Å². The van der Waals surface area contributed by atoms with Crippen LogP contribution >= 0.6 is 11.3 Å². The Balaban J connectivity index is 2.20. The highest BCUT2D eigenvalue weighted by molar-refractivity contribution is 7.09. The number of amides is 1. The van der Waals surface area contributed by atoms with Crippen LogP contribution in [0, 0.1) is 6.92 Å². The number of nitrogens with zero attached hydrogens (tertiary/aromatic N) is 2. The summed E-state index contributed by atoms with van der Waals surface area (Å²) in [5.74, 6) is -1.17. The fourth-order valence-electron chi connectivity index (χ4n) is 2.39. The molecule has 1 amide bonds. The maximum Gasteiger partial charge on any atom is 0.326 e. The number of aromatic nitrogens is 1. The van der Waals surface area contributed by atoms with Crippen molar-refractivity contribution in [2.45, 2.75) is 45.1 Å². The molecule has 1 fully saturated rings. The molecule has 0 aliphatic carbocycles. The van der Waals surface area contributed by atoms with Crippen LogP contribution < -0.4 is 0 Å².